The molecule has 0 amide bonds. The molecule has 0 spiro atoms. The van der Waals surface area contributed by atoms with Crippen LogP contribution in [-0.2, 0) is 0 Å². The molecule has 0 unspecified atom stereocenters. The molecule has 1 heteroatoms. The van der Waals surface area contributed by atoms with Crippen molar-refractivity contribution in [3.05, 3.63) is 54.8 Å². The highest BCUT2D eigenvalue weighted by molar-refractivity contribution is 5.62. The molecule has 1 aromatic carbocycles. The van der Waals surface area contributed by atoms with Crippen LogP contribution in [0.1, 0.15) is 25.3 Å². The molecule has 74 valence electrons. The number of nitrogens with one attached hydrogen (secondary N) is 1. The van der Waals surface area contributed by atoms with E-state index in [0.29, 0.717) is 0 Å². The molecule has 1 nitrogen and oxygen atoms in total. The van der Waals surface area contributed by atoms with Crippen LogP contribution in [-0.4, -0.2) is 0 Å². The van der Waals surface area contributed by atoms with Crippen LogP contribution in [0.3, 0.4) is 0 Å². The lowest BCUT2D eigenvalue weighted by atomic mass is 10.1. The van der Waals surface area contributed by atoms with Gasteiger partial charge in [0.25, 0.3) is 0 Å². The summed E-state index contributed by atoms with van der Waals surface area (Å²) >= 11 is 0. The second-order valence-electron chi connectivity index (χ2n) is 3.32. The van der Waals surface area contributed by atoms with Gasteiger partial charge in [-0.05, 0) is 12.0 Å². The molecule has 14 heavy (non-hydrogen) atoms. The molecule has 0 atom stereocenters. The summed E-state index contributed by atoms with van der Waals surface area (Å²) in [5.41, 5.74) is 3.06. The zero-order valence-electron chi connectivity index (χ0n) is 8.72. The normalized spacial score (nSPS) is 9.50. The fraction of sp³-hybridized carbons (Fsp3) is 0.231. The van der Waals surface area contributed by atoms with E-state index in [2.05, 4.69) is 25.4 Å². The molecule has 0 aliphatic heterocycles. The van der Waals surface area contributed by atoms with Gasteiger partial charge in [0.1, 0.15) is 0 Å². The highest BCUT2D eigenvalue weighted by atomic mass is 14.9. The molecule has 0 saturated carbocycles. The first-order valence-electron chi connectivity index (χ1n) is 4.93. The van der Waals surface area contributed by atoms with E-state index < -0.39 is 0 Å². The van der Waals surface area contributed by atoms with E-state index in [1.54, 1.807) is 0 Å². The van der Waals surface area contributed by atoms with E-state index in [4.69, 9.17) is 0 Å². The molecule has 0 aliphatic rings. The zero-order valence-corrected chi connectivity index (χ0v) is 8.72. The van der Waals surface area contributed by atoms with Gasteiger partial charge in [0.15, 0.2) is 0 Å². The Hall–Kier alpha value is -1.50. The van der Waals surface area contributed by atoms with Crippen molar-refractivity contribution in [2.75, 3.05) is 0 Å². The lowest BCUT2D eigenvalue weighted by Gasteiger charge is -2.11. The second kappa shape index (κ2) is 5.28. The molecular weight excluding hydrogens is 170 g/mol. The molecule has 0 radical (unpaired) electrons. The standard InChI is InChI=1S/C13H17N/c1-4-8-11(2)14-12(3)13-9-6-5-7-10-13/h5-7,9-10,14H,2-4,8H2,1H3. The average Bonchev–Trinajstić information content (AvgIpc) is 2.19. The Morgan fingerprint density at radius 2 is 1.86 bits per heavy atom. The van der Waals surface area contributed by atoms with Gasteiger partial charge in [0.05, 0.1) is 0 Å². The smallest absolute Gasteiger partial charge is 0.0382 e. The topological polar surface area (TPSA) is 12.0 Å². The van der Waals surface area contributed by atoms with Crippen LogP contribution in [0.15, 0.2) is 49.2 Å². The van der Waals surface area contributed by atoms with Crippen LogP contribution < -0.4 is 5.32 Å². The van der Waals surface area contributed by atoms with E-state index in [9.17, 15) is 0 Å². The summed E-state index contributed by atoms with van der Waals surface area (Å²) in [4.78, 5) is 0. The van der Waals surface area contributed by atoms with Crippen LogP contribution in [0.5, 0.6) is 0 Å². The van der Waals surface area contributed by atoms with Gasteiger partial charge >= 0.3 is 0 Å². The van der Waals surface area contributed by atoms with Gasteiger partial charge in [-0.15, -0.1) is 0 Å². The number of benzene rings is 1. The third-order valence-electron chi connectivity index (χ3n) is 2.00. The van der Waals surface area contributed by atoms with Crippen molar-refractivity contribution in [2.24, 2.45) is 0 Å². The highest BCUT2D eigenvalue weighted by Crippen LogP contribution is 2.11. The maximum Gasteiger partial charge on any atom is 0.0382 e. The lowest BCUT2D eigenvalue weighted by molar-refractivity contribution is 0.852. The van der Waals surface area contributed by atoms with E-state index in [-0.39, 0.29) is 0 Å². The first kappa shape index (κ1) is 10.6. The molecular formula is C13H17N. The summed E-state index contributed by atoms with van der Waals surface area (Å²) < 4.78 is 0. The predicted molar refractivity (Wildman–Crippen MR) is 62.7 cm³/mol. The number of allylic oxidation sites excluding steroid dienone is 1. The third kappa shape index (κ3) is 3.09. The van der Waals surface area contributed by atoms with Crippen molar-refractivity contribution in [2.45, 2.75) is 19.8 Å². The first-order chi connectivity index (χ1) is 6.74. The molecule has 1 aromatic rings. The third-order valence-corrected chi connectivity index (χ3v) is 2.00. The molecule has 1 N–H and O–H groups in total. The Balaban J connectivity index is 2.55. The van der Waals surface area contributed by atoms with Crippen molar-refractivity contribution < 1.29 is 0 Å². The first-order valence-corrected chi connectivity index (χ1v) is 4.93. The summed E-state index contributed by atoms with van der Waals surface area (Å²) in [5, 5.41) is 3.21. The Morgan fingerprint density at radius 1 is 1.21 bits per heavy atom. The maximum absolute atomic E-state index is 3.98. The summed E-state index contributed by atoms with van der Waals surface area (Å²) in [6.07, 6.45) is 2.10. The number of hydrogen-bond acceptors (Lipinski definition) is 1. The van der Waals surface area contributed by atoms with E-state index in [1.807, 2.05) is 30.3 Å². The van der Waals surface area contributed by atoms with Gasteiger partial charge in [-0.3, -0.25) is 0 Å². The van der Waals surface area contributed by atoms with Crippen LogP contribution in [0, 0.1) is 0 Å². The van der Waals surface area contributed by atoms with Crippen molar-refractivity contribution in [1.82, 2.24) is 5.32 Å². The van der Waals surface area contributed by atoms with E-state index >= 15 is 0 Å². The summed E-state index contributed by atoms with van der Waals surface area (Å²) in [6, 6.07) is 10.1. The summed E-state index contributed by atoms with van der Waals surface area (Å²) in [5.74, 6) is 0. The van der Waals surface area contributed by atoms with Gasteiger partial charge in [-0.25, -0.2) is 0 Å². The highest BCUT2D eigenvalue weighted by Gasteiger charge is 1.98. The second-order valence-corrected chi connectivity index (χ2v) is 3.32. The number of hydrogen-bond donors (Lipinski definition) is 1. The molecule has 0 aliphatic carbocycles. The van der Waals surface area contributed by atoms with Crippen molar-refractivity contribution in [3.63, 3.8) is 0 Å². The fourth-order valence-corrected chi connectivity index (χ4v) is 1.29. The van der Waals surface area contributed by atoms with E-state index in [1.165, 1.54) is 0 Å². The summed E-state index contributed by atoms with van der Waals surface area (Å²) in [7, 11) is 0. The number of rotatable bonds is 5. The van der Waals surface area contributed by atoms with Crippen molar-refractivity contribution >= 4 is 5.70 Å². The summed E-state index contributed by atoms with van der Waals surface area (Å²) in [6.45, 7) is 10.1. The molecule has 0 bridgehead atoms. The Labute approximate surface area is 86.2 Å². The maximum atomic E-state index is 3.98. The van der Waals surface area contributed by atoms with Gasteiger partial charge < -0.3 is 5.32 Å². The monoisotopic (exact) mass is 187 g/mol. The fourth-order valence-electron chi connectivity index (χ4n) is 1.29. The zero-order chi connectivity index (χ0) is 10.4. The minimum Gasteiger partial charge on any atom is -0.359 e. The lowest BCUT2D eigenvalue weighted by Crippen LogP contribution is -2.09. The van der Waals surface area contributed by atoms with Crippen LogP contribution in [0.2, 0.25) is 0 Å². The van der Waals surface area contributed by atoms with E-state index in [0.717, 1.165) is 29.8 Å². The molecule has 0 aromatic heterocycles. The van der Waals surface area contributed by atoms with Gasteiger partial charge in [0.2, 0.25) is 0 Å². The minimum absolute atomic E-state index is 0.920. The van der Waals surface area contributed by atoms with Gasteiger partial charge in [-0.2, -0.15) is 0 Å². The Kier molecular flexibility index (Phi) is 3.99. The SMILES string of the molecule is C=C(CCC)NC(=C)c1ccccc1. The molecule has 1 rings (SSSR count). The average molecular weight is 187 g/mol. The van der Waals surface area contributed by atoms with Crippen molar-refractivity contribution in [1.29, 1.82) is 0 Å². The largest absolute Gasteiger partial charge is 0.359 e. The van der Waals surface area contributed by atoms with Crippen LogP contribution in [0.4, 0.5) is 0 Å². The van der Waals surface area contributed by atoms with Crippen LogP contribution in [0.25, 0.3) is 5.70 Å². The predicted octanol–water partition coefficient (Wildman–Crippen LogP) is 3.56. The van der Waals surface area contributed by atoms with Gasteiger partial charge in [0, 0.05) is 11.4 Å². The molecule has 0 heterocycles. The quantitative estimate of drug-likeness (QED) is 0.743. The molecule has 0 saturated heterocycles. The van der Waals surface area contributed by atoms with Crippen LogP contribution >= 0.6 is 0 Å². The molecule has 0 fully saturated rings. The minimum atomic E-state index is 0.920. The van der Waals surface area contributed by atoms with Gasteiger partial charge in [-0.1, -0.05) is 56.8 Å². The Bertz CT molecular complexity index is 311. The Morgan fingerprint density at radius 3 is 2.43 bits per heavy atom. The van der Waals surface area contributed by atoms with Crippen molar-refractivity contribution in [3.8, 4) is 0 Å².